The Morgan fingerprint density at radius 1 is 1.11 bits per heavy atom. The Balaban J connectivity index is 1.81. The van der Waals surface area contributed by atoms with Crippen LogP contribution in [-0.4, -0.2) is 61.3 Å². The molecule has 0 radical (unpaired) electrons. The van der Waals surface area contributed by atoms with Gasteiger partial charge in [0.15, 0.2) is 5.88 Å². The fourth-order valence-corrected chi connectivity index (χ4v) is 7.45. The van der Waals surface area contributed by atoms with Gasteiger partial charge < -0.3 is 15.1 Å². The molecule has 0 aliphatic carbocycles. The number of aliphatic hydroxyl groups is 1. The molecule has 16 heteroatoms. The second kappa shape index (κ2) is 9.88. The number of carbonyl (C=O) groups is 2. The van der Waals surface area contributed by atoms with Gasteiger partial charge in [-0.25, -0.2) is 0 Å². The van der Waals surface area contributed by atoms with Crippen molar-refractivity contribution in [2.24, 2.45) is 0 Å². The van der Waals surface area contributed by atoms with Crippen LogP contribution >= 0.6 is 47.1 Å². The number of hydrogen-bond acceptors (Lipinski definition) is 11. The number of hydrogen-bond donors (Lipinski definition) is 3. The molecule has 0 bridgehead atoms. The van der Waals surface area contributed by atoms with Gasteiger partial charge in [0.2, 0.25) is 0 Å². The number of aliphatic hydroxyl groups excluding tert-OH is 1. The van der Waals surface area contributed by atoms with Gasteiger partial charge in [-0.2, -0.15) is 8.42 Å². The number of carboxylic acid groups (broad SMARTS) is 1. The lowest BCUT2D eigenvalue weighted by Crippen LogP contribution is -2.35. The third kappa shape index (κ3) is 5.23. The van der Waals surface area contributed by atoms with E-state index < -0.39 is 46.7 Å². The Morgan fingerprint density at radius 2 is 1.83 bits per heavy atom. The predicted octanol–water partition coefficient (Wildman–Crippen LogP) is -0.00780. The van der Waals surface area contributed by atoms with E-state index in [4.69, 9.17) is 17.3 Å². The fraction of sp³-hybridized carbons (Fsp3) is 0.158. The number of aliphatic carboxylic acids is 1. The van der Waals surface area contributed by atoms with Crippen molar-refractivity contribution in [3.05, 3.63) is 54.9 Å². The van der Waals surface area contributed by atoms with Crippen LogP contribution in [0.5, 0.6) is 0 Å². The number of rotatable bonds is 6. The number of amides is 1. The van der Waals surface area contributed by atoms with E-state index in [1.807, 2.05) is 0 Å². The highest BCUT2D eigenvalue weighted by atomic mass is 32.2. The third-order valence-electron chi connectivity index (χ3n) is 4.69. The van der Waals surface area contributed by atoms with Crippen molar-refractivity contribution < 1.29 is 32.8 Å². The molecule has 2 aliphatic heterocycles. The van der Waals surface area contributed by atoms with Crippen molar-refractivity contribution in [2.75, 3.05) is 17.3 Å². The Kier molecular flexibility index (Phi) is 7.23. The van der Waals surface area contributed by atoms with Gasteiger partial charge in [-0.3, -0.25) is 28.4 Å². The summed E-state index contributed by atoms with van der Waals surface area (Å²) in [6.07, 6.45) is 2.93. The van der Waals surface area contributed by atoms with E-state index in [9.17, 15) is 32.5 Å². The number of fused-ring (bicyclic) bond motifs is 1. The number of anilines is 1. The van der Waals surface area contributed by atoms with Gasteiger partial charge in [-0.05, 0) is 24.3 Å². The molecular weight excluding hydrogens is 559 g/mol. The van der Waals surface area contributed by atoms with Crippen LogP contribution in [0.2, 0.25) is 0 Å². The number of thiocarbonyl (C=S) groups is 1. The first-order valence-electron chi connectivity index (χ1n) is 9.52. The summed E-state index contributed by atoms with van der Waals surface area (Å²) < 4.78 is 33.7. The van der Waals surface area contributed by atoms with E-state index in [-0.39, 0.29) is 18.4 Å². The van der Waals surface area contributed by atoms with Crippen LogP contribution in [0.3, 0.4) is 0 Å². The summed E-state index contributed by atoms with van der Waals surface area (Å²) in [5.41, 5.74) is -0.0281. The lowest BCUT2D eigenvalue weighted by molar-refractivity contribution is -0.140. The largest absolute Gasteiger partial charge is 0.480 e. The monoisotopic (exact) mass is 573 g/mol. The van der Waals surface area contributed by atoms with Gasteiger partial charge in [0.05, 0.1) is 15.2 Å². The number of thioether (sulfide) groups is 2. The van der Waals surface area contributed by atoms with Crippen LogP contribution in [0.25, 0.3) is 11.0 Å². The van der Waals surface area contributed by atoms with Crippen LogP contribution in [-0.2, 0) is 26.4 Å². The number of aromatic nitrogens is 1. The smallest absolute Gasteiger partial charge is 0.323 e. The average molecular weight is 574 g/mol. The molecule has 1 aromatic carbocycles. The van der Waals surface area contributed by atoms with Crippen LogP contribution in [0.4, 0.5) is 5.69 Å². The van der Waals surface area contributed by atoms with Crippen molar-refractivity contribution in [1.29, 1.82) is 0 Å². The molecule has 11 nitrogen and oxygen atoms in total. The normalized spacial score (nSPS) is 19.3. The highest BCUT2D eigenvalue weighted by Gasteiger charge is 2.35. The minimum Gasteiger partial charge on any atom is -0.480 e. The van der Waals surface area contributed by atoms with Gasteiger partial charge in [-0.1, -0.05) is 47.9 Å². The van der Waals surface area contributed by atoms with Gasteiger partial charge >= 0.3 is 5.97 Å². The van der Waals surface area contributed by atoms with Gasteiger partial charge in [-0.15, -0.1) is 11.3 Å². The summed E-state index contributed by atoms with van der Waals surface area (Å²) in [6.45, 7) is -1.36. The second-order valence-corrected chi connectivity index (χ2v) is 12.2. The lowest BCUT2D eigenvalue weighted by Gasteiger charge is -2.17. The first kappa shape index (κ1) is 25.6. The molecular formula is C19H15N3O8S5. The minimum atomic E-state index is -4.36. The van der Waals surface area contributed by atoms with Crippen molar-refractivity contribution >= 4 is 90.1 Å². The van der Waals surface area contributed by atoms with E-state index in [2.05, 4.69) is 0 Å². The first-order chi connectivity index (χ1) is 16.5. The predicted molar refractivity (Wildman–Crippen MR) is 137 cm³/mol. The quantitative estimate of drug-likeness (QED) is 0.314. The number of allylic oxidation sites excluding steroid dienone is 1. The summed E-state index contributed by atoms with van der Waals surface area (Å²) in [7, 11) is -4.36. The van der Waals surface area contributed by atoms with Crippen LogP contribution in [0, 0.1) is 0 Å². The molecule has 3 heterocycles. The van der Waals surface area contributed by atoms with E-state index in [1.54, 1.807) is 24.3 Å². The molecule has 1 saturated heterocycles. The molecule has 0 saturated carbocycles. The number of thiazole rings is 1. The van der Waals surface area contributed by atoms with Crippen molar-refractivity contribution in [2.45, 2.75) is 11.6 Å². The fourth-order valence-electron chi connectivity index (χ4n) is 3.25. The van der Waals surface area contributed by atoms with E-state index >= 15 is 0 Å². The maximum Gasteiger partial charge on any atom is 0.323 e. The molecule has 2 aromatic rings. The van der Waals surface area contributed by atoms with E-state index in [0.29, 0.717) is 10.7 Å². The molecule has 35 heavy (non-hydrogen) atoms. The zero-order chi connectivity index (χ0) is 25.5. The SMILES string of the molecule is O=C(O)CN1C(=O)/C(=c2/s/c(=C\C=C3\Sc4ccccc4N3CS(=O)(=O)O)c(=O)n2CO)SC1=S. The maximum absolute atomic E-state index is 12.9. The zero-order valence-electron chi connectivity index (χ0n) is 17.4. The number of benzene rings is 1. The Bertz CT molecular complexity index is 1570. The molecule has 4 rings (SSSR count). The maximum atomic E-state index is 12.9. The lowest BCUT2D eigenvalue weighted by atomic mass is 10.3. The summed E-state index contributed by atoms with van der Waals surface area (Å²) in [5.74, 6) is -2.62. The molecule has 2 aliphatic rings. The summed E-state index contributed by atoms with van der Waals surface area (Å²) in [4.78, 5) is 39.7. The molecule has 1 aromatic heterocycles. The van der Waals surface area contributed by atoms with Gasteiger partial charge in [0.1, 0.15) is 27.2 Å². The van der Waals surface area contributed by atoms with Crippen LogP contribution in [0.1, 0.15) is 0 Å². The van der Waals surface area contributed by atoms with Gasteiger partial charge in [0, 0.05) is 4.90 Å². The Labute approximate surface area is 215 Å². The van der Waals surface area contributed by atoms with Crippen LogP contribution in [0.15, 0.2) is 45.1 Å². The second-order valence-electron chi connectivity index (χ2n) is 7.01. The van der Waals surface area contributed by atoms with Crippen molar-refractivity contribution in [3.63, 3.8) is 0 Å². The van der Waals surface area contributed by atoms with Crippen LogP contribution < -0.4 is 19.7 Å². The molecule has 0 unspecified atom stereocenters. The Morgan fingerprint density at radius 3 is 2.49 bits per heavy atom. The summed E-state index contributed by atoms with van der Waals surface area (Å²) in [6, 6.07) is 6.98. The standard InChI is InChI=1S/C19H15N3O8S5/c23-8-21-16(26)12(33-18(21)15-17(27)20(7-14(24)25)19(31)34-15)5-6-13-22(9-35(28,29)30)10-3-1-2-4-11(10)32-13/h1-6,23H,7-9H2,(H,24,25)(H,28,29,30)/b12-5-,13-6+,18-15-. The average Bonchev–Trinajstić information content (AvgIpc) is 3.38. The Hall–Kier alpha value is -2.47. The summed E-state index contributed by atoms with van der Waals surface area (Å²) in [5, 5.41) is 19.2. The number of carbonyl (C=O) groups excluding carboxylic acids is 1. The van der Waals surface area contributed by atoms with Gasteiger partial charge in [0.25, 0.3) is 21.6 Å². The van der Waals surface area contributed by atoms with Crippen molar-refractivity contribution in [3.8, 4) is 0 Å². The minimum absolute atomic E-state index is 0.0198. The highest BCUT2D eigenvalue weighted by molar-refractivity contribution is 8.30. The topological polar surface area (TPSA) is 157 Å². The summed E-state index contributed by atoms with van der Waals surface area (Å²) >= 11 is 8.07. The first-order valence-corrected chi connectivity index (χ1v) is 14.0. The number of nitrogens with zero attached hydrogens (tertiary/aromatic N) is 3. The molecule has 0 spiro atoms. The molecule has 3 N–H and O–H groups in total. The molecule has 1 fully saturated rings. The molecule has 184 valence electrons. The van der Waals surface area contributed by atoms with Crippen molar-refractivity contribution in [1.82, 2.24) is 9.47 Å². The molecule has 0 atom stereocenters. The number of carboxylic acids is 1. The number of para-hydroxylation sites is 1. The molecule has 1 amide bonds. The zero-order valence-corrected chi connectivity index (χ0v) is 21.4. The highest BCUT2D eigenvalue weighted by Crippen LogP contribution is 2.45. The third-order valence-corrected chi connectivity index (χ3v) is 9.12. The van der Waals surface area contributed by atoms with E-state index in [1.165, 1.54) is 28.8 Å². The van der Waals surface area contributed by atoms with E-state index in [0.717, 1.165) is 37.5 Å².